The molecule has 3 aromatic heterocycles. The Morgan fingerprint density at radius 2 is 2.00 bits per heavy atom. The summed E-state index contributed by atoms with van der Waals surface area (Å²) < 4.78 is 35.3. The highest BCUT2D eigenvalue weighted by Gasteiger charge is 2.25. The topological polar surface area (TPSA) is 131 Å². The number of rotatable bonds is 7. The number of nitrogens with one attached hydrogen (secondary N) is 1. The van der Waals surface area contributed by atoms with E-state index in [0.717, 1.165) is 17.6 Å². The first-order chi connectivity index (χ1) is 17.8. The molecule has 0 aliphatic carbocycles. The number of amides is 1. The van der Waals surface area contributed by atoms with Crippen LogP contribution in [0.5, 0.6) is 0 Å². The van der Waals surface area contributed by atoms with E-state index in [0.29, 0.717) is 54.9 Å². The summed E-state index contributed by atoms with van der Waals surface area (Å²) in [5.74, 6) is 0.835. The largest absolute Gasteiger partial charge is 0.444 e. The van der Waals surface area contributed by atoms with Crippen LogP contribution in [0, 0.1) is 0 Å². The Morgan fingerprint density at radius 3 is 2.68 bits per heavy atom. The molecular formula is C26H36N6O5S. The number of fused-ring (bicyclic) bond motifs is 1. The average molecular weight is 545 g/mol. The molecule has 12 heteroatoms. The number of ether oxygens (including phenoxy) is 2. The number of anilines is 1. The number of hydrogen-bond acceptors (Lipinski definition) is 9. The summed E-state index contributed by atoms with van der Waals surface area (Å²) in [4.78, 5) is 33.4. The molecule has 0 bridgehead atoms. The summed E-state index contributed by atoms with van der Waals surface area (Å²) in [5, 5.41) is 0. The van der Waals surface area contributed by atoms with Gasteiger partial charge in [-0.2, -0.15) is 0 Å². The summed E-state index contributed by atoms with van der Waals surface area (Å²) in [7, 11) is -1.63. The smallest absolute Gasteiger partial charge is 0.410 e. The fraction of sp³-hybridized carbons (Fsp3) is 0.538. The zero-order valence-electron chi connectivity index (χ0n) is 22.8. The van der Waals surface area contributed by atoms with Crippen LogP contribution in [-0.4, -0.2) is 84.1 Å². The third-order valence-corrected chi connectivity index (χ3v) is 6.86. The fourth-order valence-corrected chi connectivity index (χ4v) is 5.00. The molecule has 206 valence electrons. The van der Waals surface area contributed by atoms with E-state index in [9.17, 15) is 13.2 Å². The third kappa shape index (κ3) is 6.98. The lowest BCUT2D eigenvalue weighted by atomic mass is 10.1. The molecule has 0 spiro atoms. The molecule has 0 unspecified atom stereocenters. The minimum absolute atomic E-state index is 0.141. The van der Waals surface area contributed by atoms with Crippen LogP contribution in [0.4, 0.5) is 10.6 Å². The Labute approximate surface area is 223 Å². The minimum Gasteiger partial charge on any atom is -0.444 e. The summed E-state index contributed by atoms with van der Waals surface area (Å²) >= 11 is 0. The van der Waals surface area contributed by atoms with Gasteiger partial charge in [0.05, 0.1) is 48.3 Å². The molecule has 0 aromatic carbocycles. The Balaban J connectivity index is 1.66. The lowest BCUT2D eigenvalue weighted by Crippen LogP contribution is -2.45. The number of pyridine rings is 1. The van der Waals surface area contributed by atoms with E-state index in [1.54, 1.807) is 19.2 Å². The van der Waals surface area contributed by atoms with Crippen molar-refractivity contribution in [2.24, 2.45) is 0 Å². The molecular weight excluding hydrogens is 508 g/mol. The molecule has 1 N–H and O–H groups in total. The number of carbonyl (C=O) groups is 1. The van der Waals surface area contributed by atoms with Crippen molar-refractivity contribution in [2.75, 3.05) is 38.0 Å². The molecule has 1 atom stereocenters. The van der Waals surface area contributed by atoms with E-state index in [4.69, 9.17) is 19.4 Å². The molecule has 1 amide bonds. The maximum atomic E-state index is 12.4. The van der Waals surface area contributed by atoms with Gasteiger partial charge < -0.3 is 24.3 Å². The monoisotopic (exact) mass is 544 g/mol. The average Bonchev–Trinajstić information content (AvgIpc) is 3.23. The number of hydrogen-bond donors (Lipinski definition) is 1. The van der Waals surface area contributed by atoms with Crippen LogP contribution in [0.1, 0.15) is 45.5 Å². The van der Waals surface area contributed by atoms with Crippen molar-refractivity contribution in [3.63, 3.8) is 0 Å². The normalized spacial score (nSPS) is 16.6. The van der Waals surface area contributed by atoms with Gasteiger partial charge in [-0.25, -0.2) is 28.2 Å². The third-order valence-electron chi connectivity index (χ3n) is 6.04. The molecule has 0 radical (unpaired) electrons. The van der Waals surface area contributed by atoms with Crippen molar-refractivity contribution in [2.45, 2.75) is 58.1 Å². The molecule has 1 fully saturated rings. The first-order valence-corrected chi connectivity index (χ1v) is 14.7. The van der Waals surface area contributed by atoms with Gasteiger partial charge in [-0.1, -0.05) is 6.92 Å². The van der Waals surface area contributed by atoms with Gasteiger partial charge >= 0.3 is 6.09 Å². The second kappa shape index (κ2) is 10.9. The number of nitrogens with zero attached hydrogens (tertiary/aromatic N) is 5. The van der Waals surface area contributed by atoms with Crippen LogP contribution in [0.15, 0.2) is 24.3 Å². The van der Waals surface area contributed by atoms with E-state index in [1.807, 2.05) is 32.9 Å². The molecule has 38 heavy (non-hydrogen) atoms. The number of sulfone groups is 1. The Kier molecular flexibility index (Phi) is 7.93. The van der Waals surface area contributed by atoms with E-state index >= 15 is 0 Å². The number of carbonyl (C=O) groups excluding carboxylic acids is 1. The predicted molar refractivity (Wildman–Crippen MR) is 146 cm³/mol. The predicted octanol–water partition coefficient (Wildman–Crippen LogP) is 3.55. The first-order valence-electron chi connectivity index (χ1n) is 12.6. The summed E-state index contributed by atoms with van der Waals surface area (Å²) in [6.07, 6.45) is 1.65. The molecule has 1 aliphatic heterocycles. The number of aromatic amines is 1. The van der Waals surface area contributed by atoms with E-state index in [2.05, 4.69) is 21.8 Å². The van der Waals surface area contributed by atoms with Crippen molar-refractivity contribution in [3.05, 3.63) is 35.7 Å². The quantitative estimate of drug-likeness (QED) is 0.474. The van der Waals surface area contributed by atoms with Gasteiger partial charge in [0.15, 0.2) is 15.7 Å². The maximum Gasteiger partial charge on any atom is 0.410 e. The highest BCUT2D eigenvalue weighted by molar-refractivity contribution is 7.89. The molecule has 4 rings (SSSR count). The molecule has 1 aliphatic rings. The fourth-order valence-electron chi connectivity index (χ4n) is 4.32. The van der Waals surface area contributed by atoms with Crippen LogP contribution in [0.3, 0.4) is 0 Å². The van der Waals surface area contributed by atoms with Crippen LogP contribution in [0.2, 0.25) is 0 Å². The zero-order chi connectivity index (χ0) is 27.7. The molecule has 1 saturated heterocycles. The summed E-state index contributed by atoms with van der Waals surface area (Å²) in [5.41, 5.74) is 2.65. The lowest BCUT2D eigenvalue weighted by Gasteiger charge is -2.36. The van der Waals surface area contributed by atoms with Gasteiger partial charge in [-0.05, 0) is 45.4 Å². The lowest BCUT2D eigenvalue weighted by molar-refractivity contribution is 0.0283. The standard InChI is InChI=1S/C26H36N6O5S/c1-7-19-15-36-11-10-32(19)23-13-18(16-38(6,34)35)28-24(30-23)21-9-8-20-22(29-21)12-17(27-20)14-31(5)25(33)37-26(2,3)4/h8-9,12-13,19,27H,7,10-11,14-16H2,1-6H3/t19-/m0/s1. The minimum atomic E-state index is -3.31. The second-order valence-corrected chi connectivity index (χ2v) is 12.8. The SMILES string of the molecule is CC[C@H]1COCCN1c1cc(CS(C)(=O)=O)nc(-c2ccc3[nH]c(CN(C)C(=O)OC(C)(C)C)cc3n2)n1. The van der Waals surface area contributed by atoms with Crippen molar-refractivity contribution < 1.29 is 22.7 Å². The van der Waals surface area contributed by atoms with Crippen molar-refractivity contribution in [1.29, 1.82) is 0 Å². The van der Waals surface area contributed by atoms with Crippen molar-refractivity contribution in [1.82, 2.24) is 24.8 Å². The molecule has 3 aromatic rings. The highest BCUT2D eigenvalue weighted by Crippen LogP contribution is 2.26. The summed E-state index contributed by atoms with van der Waals surface area (Å²) in [6, 6.07) is 7.45. The first kappa shape index (κ1) is 27.8. The van der Waals surface area contributed by atoms with Gasteiger partial charge in [-0.3, -0.25) is 0 Å². The van der Waals surface area contributed by atoms with Crippen LogP contribution in [0.25, 0.3) is 22.6 Å². The number of H-pyrrole nitrogens is 1. The van der Waals surface area contributed by atoms with E-state index in [-0.39, 0.29) is 11.8 Å². The van der Waals surface area contributed by atoms with Gasteiger partial charge in [0.2, 0.25) is 0 Å². The zero-order valence-corrected chi connectivity index (χ0v) is 23.6. The number of morpholine rings is 1. The van der Waals surface area contributed by atoms with Crippen LogP contribution in [-0.2, 0) is 31.6 Å². The van der Waals surface area contributed by atoms with Gasteiger partial charge in [-0.15, -0.1) is 0 Å². The molecule has 11 nitrogen and oxygen atoms in total. The van der Waals surface area contributed by atoms with Gasteiger partial charge in [0.1, 0.15) is 17.1 Å². The molecule has 0 saturated carbocycles. The Bertz CT molecular complexity index is 1420. The number of aromatic nitrogens is 4. The Morgan fingerprint density at radius 1 is 1.24 bits per heavy atom. The van der Waals surface area contributed by atoms with E-state index < -0.39 is 21.5 Å². The van der Waals surface area contributed by atoms with Crippen LogP contribution < -0.4 is 4.90 Å². The Hall–Kier alpha value is -3.25. The van der Waals surface area contributed by atoms with Crippen molar-refractivity contribution >= 4 is 32.8 Å². The maximum absolute atomic E-state index is 12.4. The highest BCUT2D eigenvalue weighted by atomic mass is 32.2. The summed E-state index contributed by atoms with van der Waals surface area (Å²) in [6.45, 7) is 9.71. The van der Waals surface area contributed by atoms with Crippen LogP contribution >= 0.6 is 0 Å². The molecule has 4 heterocycles. The van der Waals surface area contributed by atoms with Gasteiger partial charge in [0, 0.05) is 31.6 Å². The second-order valence-electron chi connectivity index (χ2n) is 10.7. The van der Waals surface area contributed by atoms with Gasteiger partial charge in [0.25, 0.3) is 0 Å². The van der Waals surface area contributed by atoms with E-state index in [1.165, 1.54) is 11.2 Å². The van der Waals surface area contributed by atoms with Crippen molar-refractivity contribution in [3.8, 4) is 11.5 Å².